The fourth-order valence-corrected chi connectivity index (χ4v) is 2.02. The Morgan fingerprint density at radius 3 is 2.93 bits per heavy atom. The van der Waals surface area contributed by atoms with Crippen LogP contribution in [0.3, 0.4) is 0 Å². The third-order valence-electron chi connectivity index (χ3n) is 3.02. The molecule has 1 aromatic heterocycles. The van der Waals surface area contributed by atoms with Crippen molar-refractivity contribution in [1.82, 2.24) is 15.1 Å². The van der Waals surface area contributed by atoms with Crippen molar-refractivity contribution >= 4 is 0 Å². The number of nitrogens with zero attached hydrogens (tertiary/aromatic N) is 2. The van der Waals surface area contributed by atoms with Gasteiger partial charge in [0, 0.05) is 36.9 Å². The molecule has 1 aliphatic rings. The summed E-state index contributed by atoms with van der Waals surface area (Å²) in [5.74, 6) is 0. The number of rotatable bonds is 1. The zero-order chi connectivity index (χ0) is 10.1. The van der Waals surface area contributed by atoms with Crippen LogP contribution in [-0.4, -0.2) is 21.9 Å². The largest absolute Gasteiger partial charge is 0.326 e. The maximum atomic E-state index is 5.94. The Labute approximate surface area is 84.5 Å². The van der Waals surface area contributed by atoms with Gasteiger partial charge in [0.05, 0.1) is 6.20 Å². The molecule has 1 saturated heterocycles. The van der Waals surface area contributed by atoms with Crippen LogP contribution in [0.15, 0.2) is 12.4 Å². The molecule has 1 aromatic rings. The molecule has 0 amide bonds. The highest BCUT2D eigenvalue weighted by Gasteiger charge is 2.25. The van der Waals surface area contributed by atoms with E-state index in [9.17, 15) is 0 Å². The van der Waals surface area contributed by atoms with Gasteiger partial charge in [-0.25, -0.2) is 0 Å². The van der Waals surface area contributed by atoms with E-state index < -0.39 is 0 Å². The van der Waals surface area contributed by atoms with E-state index in [-0.39, 0.29) is 0 Å². The molecule has 2 heterocycles. The molecule has 0 spiro atoms. The summed E-state index contributed by atoms with van der Waals surface area (Å²) in [6.45, 7) is 2.15. The van der Waals surface area contributed by atoms with Crippen molar-refractivity contribution in [3.05, 3.63) is 18.0 Å². The van der Waals surface area contributed by atoms with E-state index >= 15 is 0 Å². The summed E-state index contributed by atoms with van der Waals surface area (Å²) in [5, 5.41) is 7.70. The number of hydrogen-bond acceptors (Lipinski definition) is 3. The zero-order valence-electron chi connectivity index (χ0n) is 8.77. The van der Waals surface area contributed by atoms with Gasteiger partial charge in [0.1, 0.15) is 0 Å². The first-order chi connectivity index (χ1) is 6.66. The minimum Gasteiger partial charge on any atom is -0.326 e. The molecule has 4 nitrogen and oxygen atoms in total. The average Bonchev–Trinajstić information content (AvgIpc) is 2.57. The molecular formula is C10H18N4. The molecule has 2 rings (SSSR count). The van der Waals surface area contributed by atoms with E-state index in [0.29, 0.717) is 18.1 Å². The molecule has 3 N–H and O–H groups in total. The highest BCUT2D eigenvalue weighted by molar-refractivity contribution is 5.12. The fraction of sp³-hybridized carbons (Fsp3) is 0.700. The van der Waals surface area contributed by atoms with E-state index in [0.717, 1.165) is 12.8 Å². The van der Waals surface area contributed by atoms with Crippen LogP contribution in [0.1, 0.15) is 31.4 Å². The van der Waals surface area contributed by atoms with Crippen molar-refractivity contribution in [3.8, 4) is 0 Å². The lowest BCUT2D eigenvalue weighted by molar-refractivity contribution is 0.303. The summed E-state index contributed by atoms with van der Waals surface area (Å²) in [7, 11) is 1.95. The molecule has 1 aliphatic heterocycles. The molecule has 0 bridgehead atoms. The minimum atomic E-state index is 0.294. The molecule has 78 valence electrons. The topological polar surface area (TPSA) is 55.9 Å². The highest BCUT2D eigenvalue weighted by Crippen LogP contribution is 2.24. The third kappa shape index (κ3) is 1.81. The molecular weight excluding hydrogens is 176 g/mol. The summed E-state index contributed by atoms with van der Waals surface area (Å²) >= 11 is 0. The van der Waals surface area contributed by atoms with Gasteiger partial charge in [0.25, 0.3) is 0 Å². The van der Waals surface area contributed by atoms with Gasteiger partial charge in [-0.3, -0.25) is 4.68 Å². The van der Waals surface area contributed by atoms with Crippen LogP contribution in [0.4, 0.5) is 0 Å². The monoisotopic (exact) mass is 194 g/mol. The van der Waals surface area contributed by atoms with Gasteiger partial charge >= 0.3 is 0 Å². The van der Waals surface area contributed by atoms with Gasteiger partial charge in [0.15, 0.2) is 0 Å². The molecule has 0 aliphatic carbocycles. The number of aromatic nitrogens is 2. The first kappa shape index (κ1) is 9.68. The van der Waals surface area contributed by atoms with Crippen LogP contribution in [0.5, 0.6) is 0 Å². The van der Waals surface area contributed by atoms with Crippen LogP contribution in [0.2, 0.25) is 0 Å². The first-order valence-electron chi connectivity index (χ1n) is 5.17. The number of nitrogens with one attached hydrogen (secondary N) is 1. The van der Waals surface area contributed by atoms with Crippen molar-refractivity contribution in [2.24, 2.45) is 12.8 Å². The second-order valence-corrected chi connectivity index (χ2v) is 4.20. The maximum absolute atomic E-state index is 5.94. The van der Waals surface area contributed by atoms with Gasteiger partial charge in [-0.2, -0.15) is 5.10 Å². The zero-order valence-corrected chi connectivity index (χ0v) is 8.77. The molecule has 14 heavy (non-hydrogen) atoms. The van der Waals surface area contributed by atoms with Crippen molar-refractivity contribution in [3.63, 3.8) is 0 Å². The highest BCUT2D eigenvalue weighted by atomic mass is 15.2. The van der Waals surface area contributed by atoms with Crippen LogP contribution in [-0.2, 0) is 7.05 Å². The second-order valence-electron chi connectivity index (χ2n) is 4.20. The van der Waals surface area contributed by atoms with Crippen molar-refractivity contribution in [2.75, 3.05) is 0 Å². The molecule has 3 unspecified atom stereocenters. The average molecular weight is 194 g/mol. The van der Waals surface area contributed by atoms with Gasteiger partial charge in [0.2, 0.25) is 0 Å². The number of nitrogens with two attached hydrogens (primary N) is 1. The standard InChI is InChI=1S/C10H18N4/c1-7-9(11)3-4-10(13-7)8-5-12-14(2)6-8/h5-7,9-10,13H,3-4,11H2,1-2H3. The van der Waals surface area contributed by atoms with E-state index in [1.54, 1.807) is 0 Å². The fourth-order valence-electron chi connectivity index (χ4n) is 2.02. The second kappa shape index (κ2) is 3.71. The van der Waals surface area contributed by atoms with Crippen LogP contribution in [0, 0.1) is 0 Å². The third-order valence-corrected chi connectivity index (χ3v) is 3.02. The van der Waals surface area contributed by atoms with Gasteiger partial charge in [-0.15, -0.1) is 0 Å². The number of piperidine rings is 1. The number of aryl methyl sites for hydroxylation is 1. The first-order valence-corrected chi connectivity index (χ1v) is 5.17. The maximum Gasteiger partial charge on any atom is 0.0537 e. The predicted molar refractivity (Wildman–Crippen MR) is 55.8 cm³/mol. The lowest BCUT2D eigenvalue weighted by Crippen LogP contribution is -2.48. The van der Waals surface area contributed by atoms with E-state index in [2.05, 4.69) is 23.5 Å². The van der Waals surface area contributed by atoms with Gasteiger partial charge < -0.3 is 11.1 Å². The lowest BCUT2D eigenvalue weighted by Gasteiger charge is -2.33. The summed E-state index contributed by atoms with van der Waals surface area (Å²) in [4.78, 5) is 0. The lowest BCUT2D eigenvalue weighted by atomic mass is 9.92. The Morgan fingerprint density at radius 1 is 1.57 bits per heavy atom. The minimum absolute atomic E-state index is 0.294. The van der Waals surface area contributed by atoms with Crippen molar-refractivity contribution in [1.29, 1.82) is 0 Å². The Hall–Kier alpha value is -0.870. The predicted octanol–water partition coefficient (Wildman–Crippen LogP) is 0.560. The summed E-state index contributed by atoms with van der Waals surface area (Å²) in [6.07, 6.45) is 6.20. The van der Waals surface area contributed by atoms with E-state index in [4.69, 9.17) is 5.73 Å². The molecule has 0 saturated carbocycles. The van der Waals surface area contributed by atoms with Crippen LogP contribution < -0.4 is 11.1 Å². The molecule has 0 radical (unpaired) electrons. The van der Waals surface area contributed by atoms with E-state index in [1.165, 1.54) is 5.56 Å². The molecule has 3 atom stereocenters. The van der Waals surface area contributed by atoms with Gasteiger partial charge in [-0.05, 0) is 19.8 Å². The summed E-state index contributed by atoms with van der Waals surface area (Å²) < 4.78 is 1.84. The quantitative estimate of drug-likeness (QED) is 0.687. The molecule has 4 heteroatoms. The van der Waals surface area contributed by atoms with Crippen LogP contribution >= 0.6 is 0 Å². The van der Waals surface area contributed by atoms with Crippen molar-refractivity contribution in [2.45, 2.75) is 37.9 Å². The Kier molecular flexibility index (Phi) is 2.56. The van der Waals surface area contributed by atoms with Crippen LogP contribution in [0.25, 0.3) is 0 Å². The summed E-state index contributed by atoms with van der Waals surface area (Å²) in [5.41, 5.74) is 7.21. The summed E-state index contributed by atoms with van der Waals surface area (Å²) in [6, 6.07) is 1.12. The normalized spacial score (nSPS) is 33.2. The molecule has 0 aromatic carbocycles. The SMILES string of the molecule is CC1NC(c2cnn(C)c2)CCC1N. The van der Waals surface area contributed by atoms with Gasteiger partial charge in [-0.1, -0.05) is 0 Å². The Morgan fingerprint density at radius 2 is 2.36 bits per heavy atom. The van der Waals surface area contributed by atoms with E-state index in [1.807, 2.05) is 17.9 Å². The van der Waals surface area contributed by atoms with Crippen molar-refractivity contribution < 1.29 is 0 Å². The molecule has 1 fully saturated rings. The smallest absolute Gasteiger partial charge is 0.0537 e. The number of hydrogen-bond donors (Lipinski definition) is 2. The Bertz CT molecular complexity index is 307. The Balaban J connectivity index is 2.06.